The number of nitrogens with one attached hydrogen (secondary N) is 3. The van der Waals surface area contributed by atoms with Gasteiger partial charge in [-0.2, -0.15) is 0 Å². The molecule has 4 heterocycles. The minimum absolute atomic E-state index is 0.0959. The van der Waals surface area contributed by atoms with Crippen LogP contribution in [0.1, 0.15) is 28.5 Å². The molecule has 172 valence electrons. The number of hydrogen-bond donors (Lipinski definition) is 4. The van der Waals surface area contributed by atoms with Crippen LogP contribution < -0.4 is 21.3 Å². The second-order valence-corrected chi connectivity index (χ2v) is 8.22. The Labute approximate surface area is 188 Å². The molecule has 1 atom stereocenters. The number of nitrogens with zero attached hydrogens (tertiary/aromatic N) is 4. The number of rotatable bonds is 6. The Morgan fingerprint density at radius 2 is 2.24 bits per heavy atom. The smallest absolute Gasteiger partial charge is 0.289 e. The van der Waals surface area contributed by atoms with Crippen LogP contribution in [0.4, 0.5) is 15.9 Å². The summed E-state index contributed by atoms with van der Waals surface area (Å²) in [5.41, 5.74) is 8.36. The number of H-pyrrole nitrogens is 1. The van der Waals surface area contributed by atoms with E-state index in [2.05, 4.69) is 30.5 Å². The molecule has 1 saturated heterocycles. The Hall–Kier alpha value is -3.73. The number of benzene rings is 1. The Kier molecular flexibility index (Phi) is 5.33. The Morgan fingerprint density at radius 3 is 2.94 bits per heavy atom. The number of oxazole rings is 1. The molecule has 1 amide bonds. The standard InChI is InChI=1S/C22H25FN8O2/c1-11-19(33-10-27-11)22(32)26-8-16-28-20-17(21(29-16)31-4-3-12(7-24)9-31)14-5-13(23)6-15(25-2)18(14)30-20/h5-6,10,12,25H,3-4,7-9,24H2,1-2H3,(H,26,32)(H,28,29,30). The fourth-order valence-electron chi connectivity index (χ4n) is 4.37. The summed E-state index contributed by atoms with van der Waals surface area (Å²) in [5, 5.41) is 7.27. The first-order valence-corrected chi connectivity index (χ1v) is 10.8. The maximum Gasteiger partial charge on any atom is 0.289 e. The van der Waals surface area contributed by atoms with Gasteiger partial charge in [0.25, 0.3) is 5.91 Å². The van der Waals surface area contributed by atoms with E-state index in [1.165, 1.54) is 18.5 Å². The molecule has 5 rings (SSSR count). The SMILES string of the molecule is CNc1cc(F)cc2c1[nH]c1nc(CNC(=O)c3ocnc3C)nc(N3CCC(CN)C3)c12. The maximum atomic E-state index is 14.4. The molecule has 33 heavy (non-hydrogen) atoms. The number of aryl methyl sites for hydroxylation is 1. The summed E-state index contributed by atoms with van der Waals surface area (Å²) in [6.45, 7) is 3.93. The number of aromatic nitrogens is 4. The van der Waals surface area contributed by atoms with Crippen LogP contribution in [0.3, 0.4) is 0 Å². The summed E-state index contributed by atoms with van der Waals surface area (Å²) in [5.74, 6) is 0.908. The van der Waals surface area contributed by atoms with Crippen LogP contribution in [0.25, 0.3) is 21.9 Å². The highest BCUT2D eigenvalue weighted by Gasteiger charge is 2.27. The highest BCUT2D eigenvalue weighted by atomic mass is 19.1. The van der Waals surface area contributed by atoms with Crippen LogP contribution in [0.15, 0.2) is 22.9 Å². The molecule has 4 aromatic rings. The van der Waals surface area contributed by atoms with Gasteiger partial charge in [-0.3, -0.25) is 4.79 Å². The van der Waals surface area contributed by atoms with Gasteiger partial charge in [-0.05, 0) is 37.9 Å². The second kappa shape index (κ2) is 8.32. The van der Waals surface area contributed by atoms with Crippen molar-refractivity contribution < 1.29 is 13.6 Å². The summed E-state index contributed by atoms with van der Waals surface area (Å²) < 4.78 is 19.5. The Bertz CT molecular complexity index is 1350. The molecule has 1 aromatic carbocycles. The van der Waals surface area contributed by atoms with E-state index in [1.807, 2.05) is 0 Å². The van der Waals surface area contributed by atoms with Crippen LogP contribution in [0.2, 0.25) is 0 Å². The summed E-state index contributed by atoms with van der Waals surface area (Å²) in [6, 6.07) is 2.93. The van der Waals surface area contributed by atoms with Gasteiger partial charge in [-0.1, -0.05) is 0 Å². The third kappa shape index (κ3) is 3.74. The summed E-state index contributed by atoms with van der Waals surface area (Å²) in [6.07, 6.45) is 2.19. The number of halogens is 1. The minimum atomic E-state index is -0.393. The molecule has 0 spiro atoms. The van der Waals surface area contributed by atoms with Crippen molar-refractivity contribution in [2.24, 2.45) is 11.7 Å². The molecule has 3 aromatic heterocycles. The molecular weight excluding hydrogens is 427 g/mol. The lowest BCUT2D eigenvalue weighted by molar-refractivity contribution is 0.0921. The first-order valence-electron chi connectivity index (χ1n) is 10.8. The van der Waals surface area contributed by atoms with E-state index in [0.717, 1.165) is 30.4 Å². The van der Waals surface area contributed by atoms with Gasteiger partial charge >= 0.3 is 0 Å². The maximum absolute atomic E-state index is 14.4. The number of carbonyl (C=O) groups is 1. The van der Waals surface area contributed by atoms with Crippen LogP contribution >= 0.6 is 0 Å². The second-order valence-electron chi connectivity index (χ2n) is 8.22. The van der Waals surface area contributed by atoms with E-state index in [4.69, 9.17) is 15.1 Å². The van der Waals surface area contributed by atoms with Gasteiger partial charge in [0.05, 0.1) is 28.8 Å². The first kappa shape index (κ1) is 21.1. The number of fused-ring (bicyclic) bond motifs is 3. The lowest BCUT2D eigenvalue weighted by atomic mass is 10.1. The lowest BCUT2D eigenvalue weighted by Gasteiger charge is -2.19. The Balaban J connectivity index is 1.59. The third-order valence-corrected chi connectivity index (χ3v) is 6.10. The average molecular weight is 452 g/mol. The molecule has 1 fully saturated rings. The molecule has 1 unspecified atom stereocenters. The van der Waals surface area contributed by atoms with Gasteiger partial charge in [0, 0.05) is 25.5 Å². The minimum Gasteiger partial charge on any atom is -0.438 e. The zero-order valence-electron chi connectivity index (χ0n) is 18.4. The molecule has 11 heteroatoms. The molecule has 1 aliphatic heterocycles. The fourth-order valence-corrected chi connectivity index (χ4v) is 4.37. The monoisotopic (exact) mass is 452 g/mol. The molecule has 0 aliphatic carbocycles. The number of nitrogens with two attached hydrogens (primary N) is 1. The zero-order valence-corrected chi connectivity index (χ0v) is 18.4. The van der Waals surface area contributed by atoms with Gasteiger partial charge in [0.15, 0.2) is 12.2 Å². The van der Waals surface area contributed by atoms with Gasteiger partial charge in [0.1, 0.15) is 17.3 Å². The number of carbonyl (C=O) groups excluding carboxylic acids is 1. The van der Waals surface area contributed by atoms with Crippen molar-refractivity contribution >= 4 is 39.3 Å². The van der Waals surface area contributed by atoms with Crippen molar-refractivity contribution in [3.05, 3.63) is 41.6 Å². The van der Waals surface area contributed by atoms with Crippen LogP contribution in [0.5, 0.6) is 0 Å². The highest BCUT2D eigenvalue weighted by Crippen LogP contribution is 2.37. The van der Waals surface area contributed by atoms with Crippen LogP contribution in [0, 0.1) is 18.7 Å². The number of amides is 1. The van der Waals surface area contributed by atoms with E-state index in [1.54, 1.807) is 14.0 Å². The fraction of sp³-hybridized carbons (Fsp3) is 0.364. The van der Waals surface area contributed by atoms with E-state index >= 15 is 0 Å². The van der Waals surface area contributed by atoms with E-state index in [9.17, 15) is 9.18 Å². The molecule has 0 radical (unpaired) electrons. The first-order chi connectivity index (χ1) is 16.0. The quantitative estimate of drug-likeness (QED) is 0.350. The lowest BCUT2D eigenvalue weighted by Crippen LogP contribution is -2.26. The Morgan fingerprint density at radius 1 is 1.39 bits per heavy atom. The molecule has 10 nitrogen and oxygen atoms in total. The molecular formula is C22H25FN8O2. The van der Waals surface area contributed by atoms with Crippen molar-refractivity contribution in [1.82, 2.24) is 25.3 Å². The molecule has 5 N–H and O–H groups in total. The third-order valence-electron chi connectivity index (χ3n) is 6.10. The molecule has 0 saturated carbocycles. The highest BCUT2D eigenvalue weighted by molar-refractivity contribution is 6.14. The number of anilines is 2. The van der Waals surface area contributed by atoms with Gasteiger partial charge < -0.3 is 30.7 Å². The van der Waals surface area contributed by atoms with Crippen molar-refractivity contribution in [3.63, 3.8) is 0 Å². The predicted octanol–water partition coefficient (Wildman–Crippen LogP) is 2.30. The number of hydrogen-bond acceptors (Lipinski definition) is 8. The van der Waals surface area contributed by atoms with Gasteiger partial charge in [-0.25, -0.2) is 19.3 Å². The van der Waals surface area contributed by atoms with Crippen LogP contribution in [-0.4, -0.2) is 52.5 Å². The topological polar surface area (TPSA) is 138 Å². The van der Waals surface area contributed by atoms with Gasteiger partial charge in [-0.15, -0.1) is 0 Å². The predicted molar refractivity (Wildman–Crippen MR) is 123 cm³/mol. The van der Waals surface area contributed by atoms with Crippen molar-refractivity contribution in [1.29, 1.82) is 0 Å². The normalized spacial score (nSPS) is 16.1. The largest absolute Gasteiger partial charge is 0.438 e. The number of aromatic amines is 1. The van der Waals surface area contributed by atoms with Crippen molar-refractivity contribution in [2.45, 2.75) is 19.9 Å². The summed E-state index contributed by atoms with van der Waals surface area (Å²) >= 11 is 0. The average Bonchev–Trinajstić information content (AvgIpc) is 3.54. The van der Waals surface area contributed by atoms with Gasteiger partial charge in [0.2, 0.25) is 5.76 Å². The van der Waals surface area contributed by atoms with E-state index in [0.29, 0.717) is 46.5 Å². The molecule has 0 bridgehead atoms. The summed E-state index contributed by atoms with van der Waals surface area (Å²) in [7, 11) is 1.74. The van der Waals surface area contributed by atoms with Crippen LogP contribution in [-0.2, 0) is 6.54 Å². The van der Waals surface area contributed by atoms with Crippen molar-refractivity contribution in [3.8, 4) is 0 Å². The molecule has 1 aliphatic rings. The van der Waals surface area contributed by atoms with E-state index < -0.39 is 5.91 Å². The zero-order chi connectivity index (χ0) is 23.1. The van der Waals surface area contributed by atoms with E-state index in [-0.39, 0.29) is 18.1 Å². The summed E-state index contributed by atoms with van der Waals surface area (Å²) in [4.78, 5) is 31.3. The van der Waals surface area contributed by atoms with Crippen molar-refractivity contribution in [2.75, 3.05) is 36.9 Å².